The van der Waals surface area contributed by atoms with E-state index in [0.29, 0.717) is 24.9 Å². The maximum Gasteiger partial charge on any atom is 0.243 e. The Morgan fingerprint density at radius 3 is 2.65 bits per heavy atom. The molecule has 1 unspecified atom stereocenters. The van der Waals surface area contributed by atoms with Gasteiger partial charge in [-0.2, -0.15) is 4.98 Å². The number of methoxy groups -OCH3 is 1. The molecule has 0 aliphatic heterocycles. The van der Waals surface area contributed by atoms with Gasteiger partial charge in [0.05, 0.1) is 19.8 Å². The molecule has 6 nitrogen and oxygen atoms in total. The van der Waals surface area contributed by atoms with Crippen LogP contribution in [0, 0.1) is 0 Å². The Balaban J connectivity index is 1.61. The number of nitrogens with one attached hydrogen (secondary N) is 1. The number of rotatable bonds is 8. The molecule has 136 valence electrons. The summed E-state index contributed by atoms with van der Waals surface area (Å²) in [5.41, 5.74) is 2.02. The van der Waals surface area contributed by atoms with Crippen molar-refractivity contribution in [1.29, 1.82) is 0 Å². The van der Waals surface area contributed by atoms with Crippen LogP contribution in [0.3, 0.4) is 0 Å². The normalized spacial score (nSPS) is 12.0. The second-order valence-corrected chi connectivity index (χ2v) is 5.87. The van der Waals surface area contributed by atoms with E-state index in [4.69, 9.17) is 14.0 Å². The zero-order valence-electron chi connectivity index (χ0n) is 15.2. The van der Waals surface area contributed by atoms with Gasteiger partial charge in [0.2, 0.25) is 11.7 Å². The van der Waals surface area contributed by atoms with Gasteiger partial charge >= 0.3 is 0 Å². The number of ether oxygens (including phenoxy) is 2. The van der Waals surface area contributed by atoms with Crippen molar-refractivity contribution in [2.75, 3.05) is 13.7 Å². The summed E-state index contributed by atoms with van der Waals surface area (Å²) < 4.78 is 16.1. The molecule has 0 bridgehead atoms. The number of hydrogen-bond acceptors (Lipinski definition) is 6. The minimum Gasteiger partial charge on any atom is -0.497 e. The smallest absolute Gasteiger partial charge is 0.243 e. The van der Waals surface area contributed by atoms with Gasteiger partial charge < -0.3 is 19.3 Å². The minimum absolute atomic E-state index is 0.0616. The molecule has 0 aliphatic carbocycles. The van der Waals surface area contributed by atoms with Crippen LogP contribution in [0.4, 0.5) is 0 Å². The molecule has 1 aromatic heterocycles. The summed E-state index contributed by atoms with van der Waals surface area (Å²) in [5.74, 6) is 2.74. The number of benzene rings is 2. The van der Waals surface area contributed by atoms with Gasteiger partial charge in [-0.3, -0.25) is 0 Å². The number of nitrogens with zero attached hydrogens (tertiary/aromatic N) is 2. The third kappa shape index (κ3) is 4.40. The first-order valence-corrected chi connectivity index (χ1v) is 8.62. The van der Waals surface area contributed by atoms with Gasteiger partial charge in [0.15, 0.2) is 0 Å². The maximum atomic E-state index is 5.45. The summed E-state index contributed by atoms with van der Waals surface area (Å²) in [7, 11) is 1.63. The lowest BCUT2D eigenvalue weighted by Crippen LogP contribution is -2.18. The SMILES string of the molecule is CCOc1ccc(CNC(C)c2nc(-c3cccc(OC)c3)no2)cc1. The number of hydrogen-bond donors (Lipinski definition) is 1. The van der Waals surface area contributed by atoms with Crippen LogP contribution in [0.2, 0.25) is 0 Å². The highest BCUT2D eigenvalue weighted by Crippen LogP contribution is 2.23. The molecule has 1 atom stereocenters. The van der Waals surface area contributed by atoms with Crippen LogP contribution >= 0.6 is 0 Å². The zero-order valence-corrected chi connectivity index (χ0v) is 15.2. The molecule has 3 rings (SSSR count). The third-order valence-electron chi connectivity index (χ3n) is 3.99. The van der Waals surface area contributed by atoms with Crippen molar-refractivity contribution in [3.05, 3.63) is 60.0 Å². The van der Waals surface area contributed by atoms with Crippen molar-refractivity contribution in [3.8, 4) is 22.9 Å². The van der Waals surface area contributed by atoms with Gasteiger partial charge in [0.1, 0.15) is 11.5 Å². The zero-order chi connectivity index (χ0) is 18.4. The Morgan fingerprint density at radius 2 is 1.92 bits per heavy atom. The molecule has 0 aliphatic rings. The number of aromatic nitrogens is 2. The van der Waals surface area contributed by atoms with Gasteiger partial charge in [-0.15, -0.1) is 0 Å². The first kappa shape index (κ1) is 17.9. The standard InChI is InChI=1S/C20H23N3O3/c1-4-25-17-10-8-15(9-11-17)13-21-14(2)20-22-19(23-26-20)16-6-5-7-18(12-16)24-3/h5-12,14,21H,4,13H2,1-3H3. The van der Waals surface area contributed by atoms with Crippen LogP contribution in [0.1, 0.15) is 31.3 Å². The largest absolute Gasteiger partial charge is 0.497 e. The van der Waals surface area contributed by atoms with Crippen LogP contribution in [0.5, 0.6) is 11.5 Å². The van der Waals surface area contributed by atoms with E-state index in [1.54, 1.807) is 7.11 Å². The van der Waals surface area contributed by atoms with Crippen molar-refractivity contribution < 1.29 is 14.0 Å². The predicted molar refractivity (Wildman–Crippen MR) is 99.2 cm³/mol. The Kier molecular flexibility index (Phi) is 5.86. The van der Waals surface area contributed by atoms with Crippen molar-refractivity contribution >= 4 is 0 Å². The Bertz CT molecular complexity index is 830. The predicted octanol–water partition coefficient (Wildman–Crippen LogP) is 3.99. The highest BCUT2D eigenvalue weighted by atomic mass is 16.5. The fraction of sp³-hybridized carbons (Fsp3) is 0.300. The minimum atomic E-state index is -0.0616. The fourth-order valence-electron chi connectivity index (χ4n) is 2.52. The molecule has 0 spiro atoms. The van der Waals surface area contributed by atoms with E-state index in [2.05, 4.69) is 15.5 Å². The average molecular weight is 353 g/mol. The highest BCUT2D eigenvalue weighted by Gasteiger charge is 2.15. The first-order chi connectivity index (χ1) is 12.7. The van der Waals surface area contributed by atoms with Gasteiger partial charge in [-0.25, -0.2) is 0 Å². The van der Waals surface area contributed by atoms with Crippen LogP contribution < -0.4 is 14.8 Å². The molecule has 0 saturated carbocycles. The highest BCUT2D eigenvalue weighted by molar-refractivity contribution is 5.56. The van der Waals surface area contributed by atoms with E-state index >= 15 is 0 Å². The van der Waals surface area contributed by atoms with Crippen LogP contribution in [-0.4, -0.2) is 23.9 Å². The molecule has 0 fully saturated rings. The molecule has 0 radical (unpaired) electrons. The van der Waals surface area contributed by atoms with E-state index < -0.39 is 0 Å². The molecule has 1 N–H and O–H groups in total. The molecule has 1 heterocycles. The van der Waals surface area contributed by atoms with E-state index in [1.165, 1.54) is 0 Å². The monoisotopic (exact) mass is 353 g/mol. The van der Waals surface area contributed by atoms with Gasteiger partial charge in [-0.1, -0.05) is 29.4 Å². The van der Waals surface area contributed by atoms with E-state index in [1.807, 2.05) is 62.4 Å². The fourth-order valence-corrected chi connectivity index (χ4v) is 2.52. The van der Waals surface area contributed by atoms with Gasteiger partial charge in [-0.05, 0) is 43.7 Å². The lowest BCUT2D eigenvalue weighted by Gasteiger charge is -2.10. The molecular weight excluding hydrogens is 330 g/mol. The molecule has 2 aromatic carbocycles. The van der Waals surface area contributed by atoms with Crippen LogP contribution in [-0.2, 0) is 6.54 Å². The summed E-state index contributed by atoms with van der Waals surface area (Å²) in [6.45, 7) is 5.34. The molecular formula is C20H23N3O3. The lowest BCUT2D eigenvalue weighted by molar-refractivity contribution is 0.337. The Hall–Kier alpha value is -2.86. The van der Waals surface area contributed by atoms with Crippen LogP contribution in [0.15, 0.2) is 53.1 Å². The van der Waals surface area contributed by atoms with E-state index in [0.717, 1.165) is 22.6 Å². The molecule has 6 heteroatoms. The van der Waals surface area contributed by atoms with Gasteiger partial charge in [0.25, 0.3) is 0 Å². The summed E-state index contributed by atoms with van der Waals surface area (Å²) in [6, 6.07) is 15.6. The lowest BCUT2D eigenvalue weighted by atomic mass is 10.2. The molecule has 0 saturated heterocycles. The molecule has 26 heavy (non-hydrogen) atoms. The maximum absolute atomic E-state index is 5.45. The van der Waals surface area contributed by atoms with Crippen molar-refractivity contribution in [1.82, 2.24) is 15.5 Å². The second-order valence-electron chi connectivity index (χ2n) is 5.87. The van der Waals surface area contributed by atoms with E-state index in [-0.39, 0.29) is 6.04 Å². The van der Waals surface area contributed by atoms with E-state index in [9.17, 15) is 0 Å². The van der Waals surface area contributed by atoms with Crippen LogP contribution in [0.25, 0.3) is 11.4 Å². The quantitative estimate of drug-likeness (QED) is 0.660. The topological polar surface area (TPSA) is 69.4 Å². The van der Waals surface area contributed by atoms with Crippen molar-refractivity contribution in [3.63, 3.8) is 0 Å². The van der Waals surface area contributed by atoms with Crippen molar-refractivity contribution in [2.45, 2.75) is 26.4 Å². The molecule has 0 amide bonds. The second kappa shape index (κ2) is 8.49. The molecule has 3 aromatic rings. The summed E-state index contributed by atoms with van der Waals surface area (Å²) >= 11 is 0. The van der Waals surface area contributed by atoms with Gasteiger partial charge in [0, 0.05) is 12.1 Å². The Morgan fingerprint density at radius 1 is 1.12 bits per heavy atom. The average Bonchev–Trinajstić information content (AvgIpc) is 3.18. The summed E-state index contributed by atoms with van der Waals surface area (Å²) in [4.78, 5) is 4.49. The summed E-state index contributed by atoms with van der Waals surface area (Å²) in [5, 5.41) is 7.46. The first-order valence-electron chi connectivity index (χ1n) is 8.62. The summed E-state index contributed by atoms with van der Waals surface area (Å²) in [6.07, 6.45) is 0. The van der Waals surface area contributed by atoms with Crippen molar-refractivity contribution in [2.24, 2.45) is 0 Å². The Labute approximate surface area is 153 Å². The third-order valence-corrected chi connectivity index (χ3v) is 3.99.